The highest BCUT2D eigenvalue weighted by molar-refractivity contribution is 9.10. The SMILES string of the molecule is CN1CN(c2ccnc(N)n2)c2cc(Br)ccc21. The first-order valence-corrected chi connectivity index (χ1v) is 6.31. The Labute approximate surface area is 113 Å². The summed E-state index contributed by atoms with van der Waals surface area (Å²) in [6, 6.07) is 8.06. The molecule has 0 aliphatic carbocycles. The van der Waals surface area contributed by atoms with Crippen LogP contribution in [0.4, 0.5) is 23.1 Å². The van der Waals surface area contributed by atoms with E-state index in [1.165, 1.54) is 5.69 Å². The Morgan fingerprint density at radius 3 is 2.89 bits per heavy atom. The lowest BCUT2D eigenvalue weighted by molar-refractivity contribution is 0.929. The van der Waals surface area contributed by atoms with Gasteiger partial charge in [0.05, 0.1) is 18.0 Å². The fourth-order valence-corrected chi connectivity index (χ4v) is 2.46. The highest BCUT2D eigenvalue weighted by Gasteiger charge is 2.25. The van der Waals surface area contributed by atoms with E-state index in [0.717, 1.165) is 22.6 Å². The maximum absolute atomic E-state index is 5.64. The maximum Gasteiger partial charge on any atom is 0.221 e. The molecule has 0 saturated heterocycles. The summed E-state index contributed by atoms with van der Waals surface area (Å²) in [4.78, 5) is 12.5. The topological polar surface area (TPSA) is 58.3 Å². The minimum atomic E-state index is 0.290. The molecule has 2 N–H and O–H groups in total. The summed E-state index contributed by atoms with van der Waals surface area (Å²) in [7, 11) is 2.05. The predicted octanol–water partition coefficient (Wildman–Crippen LogP) is 2.37. The Bertz CT molecular complexity index is 601. The molecule has 0 unspecified atom stereocenters. The molecule has 0 fully saturated rings. The number of nitrogens with zero attached hydrogens (tertiary/aromatic N) is 4. The van der Waals surface area contributed by atoms with E-state index >= 15 is 0 Å². The van der Waals surface area contributed by atoms with E-state index in [1.807, 2.05) is 12.1 Å². The molecule has 3 rings (SSSR count). The van der Waals surface area contributed by atoms with Gasteiger partial charge in [0.25, 0.3) is 0 Å². The largest absolute Gasteiger partial charge is 0.368 e. The lowest BCUT2D eigenvalue weighted by atomic mass is 10.2. The molecule has 92 valence electrons. The van der Waals surface area contributed by atoms with Crippen LogP contribution in [-0.2, 0) is 0 Å². The monoisotopic (exact) mass is 305 g/mol. The molecule has 5 nitrogen and oxygen atoms in total. The third-order valence-corrected chi connectivity index (χ3v) is 3.42. The van der Waals surface area contributed by atoms with Crippen molar-refractivity contribution in [3.8, 4) is 0 Å². The van der Waals surface area contributed by atoms with Gasteiger partial charge in [-0.25, -0.2) is 4.98 Å². The van der Waals surface area contributed by atoms with Gasteiger partial charge in [-0.3, -0.25) is 0 Å². The van der Waals surface area contributed by atoms with Crippen LogP contribution in [0.2, 0.25) is 0 Å². The minimum absolute atomic E-state index is 0.290. The zero-order valence-corrected chi connectivity index (χ0v) is 11.4. The molecule has 0 saturated carbocycles. The van der Waals surface area contributed by atoms with Crippen LogP contribution in [0.25, 0.3) is 0 Å². The number of benzene rings is 1. The molecule has 18 heavy (non-hydrogen) atoms. The Morgan fingerprint density at radius 2 is 2.11 bits per heavy atom. The van der Waals surface area contributed by atoms with Crippen molar-refractivity contribution >= 4 is 39.1 Å². The fourth-order valence-electron chi connectivity index (χ4n) is 2.11. The molecule has 2 heterocycles. The molecule has 0 radical (unpaired) electrons. The van der Waals surface area contributed by atoms with Gasteiger partial charge < -0.3 is 15.5 Å². The minimum Gasteiger partial charge on any atom is -0.368 e. The first kappa shape index (κ1) is 11.3. The van der Waals surface area contributed by atoms with Crippen molar-refractivity contribution in [3.05, 3.63) is 34.9 Å². The molecule has 2 aromatic rings. The van der Waals surface area contributed by atoms with Gasteiger partial charge in [-0.15, -0.1) is 0 Å². The molecule has 0 atom stereocenters. The van der Waals surface area contributed by atoms with Crippen molar-refractivity contribution < 1.29 is 0 Å². The summed E-state index contributed by atoms with van der Waals surface area (Å²) in [5, 5.41) is 0. The lowest BCUT2D eigenvalue weighted by Gasteiger charge is -2.18. The van der Waals surface area contributed by atoms with E-state index in [-0.39, 0.29) is 0 Å². The lowest BCUT2D eigenvalue weighted by Crippen LogP contribution is -2.24. The number of hydrogen-bond donors (Lipinski definition) is 1. The number of nitrogen functional groups attached to an aromatic ring is 1. The number of fused-ring (bicyclic) bond motifs is 1. The molecule has 0 amide bonds. The fraction of sp³-hybridized carbons (Fsp3) is 0.167. The van der Waals surface area contributed by atoms with Gasteiger partial charge in [-0.05, 0) is 24.3 Å². The Kier molecular flexibility index (Phi) is 2.59. The molecule has 1 aliphatic heterocycles. The molecule has 6 heteroatoms. The highest BCUT2D eigenvalue weighted by Crippen LogP contribution is 2.40. The molecule has 1 aliphatic rings. The van der Waals surface area contributed by atoms with E-state index in [2.05, 4.69) is 54.9 Å². The number of anilines is 4. The molecule has 0 bridgehead atoms. The highest BCUT2D eigenvalue weighted by atomic mass is 79.9. The molecule has 1 aromatic heterocycles. The first-order valence-electron chi connectivity index (χ1n) is 5.52. The third-order valence-electron chi connectivity index (χ3n) is 2.93. The standard InChI is InChI=1S/C12H12BrN5/c1-17-7-18(11-4-5-15-12(14)16-11)10-6-8(13)2-3-9(10)17/h2-6H,7H2,1H3,(H2,14,15,16). The van der Waals surface area contributed by atoms with Crippen LogP contribution in [0.5, 0.6) is 0 Å². The summed E-state index contributed by atoms with van der Waals surface area (Å²) in [5.41, 5.74) is 7.93. The molecular formula is C12H12BrN5. The number of hydrogen-bond acceptors (Lipinski definition) is 5. The van der Waals surface area contributed by atoms with Gasteiger partial charge in [-0.2, -0.15) is 4.98 Å². The van der Waals surface area contributed by atoms with Crippen LogP contribution in [-0.4, -0.2) is 23.7 Å². The summed E-state index contributed by atoms with van der Waals surface area (Å²) >= 11 is 3.50. The van der Waals surface area contributed by atoms with E-state index < -0.39 is 0 Å². The molecule has 0 spiro atoms. The summed E-state index contributed by atoms with van der Waals surface area (Å²) in [6.07, 6.45) is 1.67. The average molecular weight is 306 g/mol. The smallest absolute Gasteiger partial charge is 0.221 e. The Morgan fingerprint density at radius 1 is 1.28 bits per heavy atom. The van der Waals surface area contributed by atoms with E-state index in [4.69, 9.17) is 5.73 Å². The second-order valence-electron chi connectivity index (χ2n) is 4.17. The summed E-state index contributed by atoms with van der Waals surface area (Å²) < 4.78 is 1.04. The quantitative estimate of drug-likeness (QED) is 0.876. The van der Waals surface area contributed by atoms with E-state index in [0.29, 0.717) is 5.95 Å². The van der Waals surface area contributed by atoms with Crippen molar-refractivity contribution in [2.45, 2.75) is 0 Å². The van der Waals surface area contributed by atoms with E-state index in [9.17, 15) is 0 Å². The zero-order valence-electron chi connectivity index (χ0n) is 9.84. The molecule has 1 aromatic carbocycles. The number of aromatic nitrogens is 2. The van der Waals surface area contributed by atoms with Gasteiger partial charge in [-0.1, -0.05) is 15.9 Å². The van der Waals surface area contributed by atoms with Crippen LogP contribution in [0.3, 0.4) is 0 Å². The van der Waals surface area contributed by atoms with Gasteiger partial charge in [0.2, 0.25) is 5.95 Å². The molecular weight excluding hydrogens is 294 g/mol. The van der Waals surface area contributed by atoms with Crippen LogP contribution in [0, 0.1) is 0 Å². The average Bonchev–Trinajstić information content (AvgIpc) is 2.66. The Hall–Kier alpha value is -1.82. The second-order valence-corrected chi connectivity index (χ2v) is 5.09. The first-order chi connectivity index (χ1) is 8.65. The summed E-state index contributed by atoms with van der Waals surface area (Å²) in [6.45, 7) is 0.752. The van der Waals surface area contributed by atoms with Gasteiger partial charge >= 0.3 is 0 Å². The predicted molar refractivity (Wildman–Crippen MR) is 76.0 cm³/mol. The van der Waals surface area contributed by atoms with Crippen LogP contribution in [0.15, 0.2) is 34.9 Å². The number of nitrogens with two attached hydrogens (primary N) is 1. The zero-order chi connectivity index (χ0) is 12.7. The summed E-state index contributed by atoms with van der Waals surface area (Å²) in [5.74, 6) is 1.10. The number of halogens is 1. The van der Waals surface area contributed by atoms with Gasteiger partial charge in [0.1, 0.15) is 5.82 Å². The van der Waals surface area contributed by atoms with Crippen molar-refractivity contribution in [2.75, 3.05) is 29.2 Å². The van der Waals surface area contributed by atoms with E-state index in [1.54, 1.807) is 6.20 Å². The van der Waals surface area contributed by atoms with Crippen LogP contribution < -0.4 is 15.5 Å². The Balaban J connectivity index is 2.09. The maximum atomic E-state index is 5.64. The van der Waals surface area contributed by atoms with Gasteiger partial charge in [0.15, 0.2) is 0 Å². The number of rotatable bonds is 1. The third kappa shape index (κ3) is 1.78. The van der Waals surface area contributed by atoms with Crippen molar-refractivity contribution in [1.29, 1.82) is 0 Å². The van der Waals surface area contributed by atoms with Crippen molar-refractivity contribution in [2.24, 2.45) is 0 Å². The van der Waals surface area contributed by atoms with Crippen molar-refractivity contribution in [1.82, 2.24) is 9.97 Å². The van der Waals surface area contributed by atoms with Crippen molar-refractivity contribution in [3.63, 3.8) is 0 Å². The van der Waals surface area contributed by atoms with Crippen LogP contribution in [0.1, 0.15) is 0 Å². The van der Waals surface area contributed by atoms with Crippen LogP contribution >= 0.6 is 15.9 Å². The second kappa shape index (κ2) is 4.13. The normalized spacial score (nSPS) is 13.9. The van der Waals surface area contributed by atoms with Gasteiger partial charge in [0, 0.05) is 17.7 Å².